The molecule has 0 radical (unpaired) electrons. The van der Waals surface area contributed by atoms with Gasteiger partial charge in [-0.25, -0.2) is 4.79 Å². The maximum absolute atomic E-state index is 9.74. The third-order valence-electron chi connectivity index (χ3n) is 0.895. The van der Waals surface area contributed by atoms with E-state index in [2.05, 4.69) is 10.5 Å². The number of carbonyl (C=O) groups is 2. The Hall–Kier alpha value is -0.910. The zero-order valence-corrected chi connectivity index (χ0v) is 7.47. The molecule has 12 heavy (non-hydrogen) atoms. The van der Waals surface area contributed by atoms with Crippen LogP contribution in [0.5, 0.6) is 0 Å². The van der Waals surface area contributed by atoms with Gasteiger partial charge in [0.15, 0.2) is 0 Å². The summed E-state index contributed by atoms with van der Waals surface area (Å²) < 4.78 is 4.18. The first kappa shape index (κ1) is 11.1. The summed E-state index contributed by atoms with van der Waals surface area (Å²) in [7, 11) is 0. The summed E-state index contributed by atoms with van der Waals surface area (Å²) in [5.74, 6) is 0.148. The molecule has 0 bridgehead atoms. The van der Waals surface area contributed by atoms with Gasteiger partial charge in [0.2, 0.25) is 0 Å². The number of hydrogen-bond donors (Lipinski definition) is 2. The summed E-state index contributed by atoms with van der Waals surface area (Å²) in [4.78, 5) is 19.3. The first-order chi connectivity index (χ1) is 5.57. The standard InChI is InChI=1S/C3H7NO2.C3H4O2S/c1-2-6-3(4)5;4-3(5)2-1-6-2/h2H2,1H3,(H2,4,5);2H,1H2,(H,4,5). The van der Waals surface area contributed by atoms with Crippen LogP contribution in [0.3, 0.4) is 0 Å². The average molecular weight is 193 g/mol. The van der Waals surface area contributed by atoms with Crippen molar-refractivity contribution in [3.05, 3.63) is 0 Å². The highest BCUT2D eigenvalue weighted by Crippen LogP contribution is 2.29. The molecule has 70 valence electrons. The molecule has 0 aromatic carbocycles. The van der Waals surface area contributed by atoms with Gasteiger partial charge in [0.1, 0.15) is 5.25 Å². The van der Waals surface area contributed by atoms with Gasteiger partial charge in [0.25, 0.3) is 0 Å². The van der Waals surface area contributed by atoms with E-state index >= 15 is 0 Å². The number of thioether (sulfide) groups is 1. The molecule has 0 saturated carbocycles. The number of ether oxygens (including phenoxy) is 1. The Kier molecular flexibility index (Phi) is 5.27. The van der Waals surface area contributed by atoms with Gasteiger partial charge < -0.3 is 15.6 Å². The molecule has 0 aliphatic carbocycles. The molecule has 1 aliphatic heterocycles. The van der Waals surface area contributed by atoms with Crippen LogP contribution in [0.1, 0.15) is 6.92 Å². The molecule has 1 aliphatic rings. The number of primary amides is 1. The van der Waals surface area contributed by atoms with Crippen molar-refractivity contribution in [3.63, 3.8) is 0 Å². The quantitative estimate of drug-likeness (QED) is 0.615. The van der Waals surface area contributed by atoms with E-state index in [1.807, 2.05) is 0 Å². The van der Waals surface area contributed by atoms with Crippen molar-refractivity contribution in [2.45, 2.75) is 12.2 Å². The van der Waals surface area contributed by atoms with Gasteiger partial charge in [0, 0.05) is 5.75 Å². The molecule has 0 aromatic rings. The molecule has 1 atom stereocenters. The minimum atomic E-state index is -0.711. The van der Waals surface area contributed by atoms with Crippen molar-refractivity contribution in [2.24, 2.45) is 5.73 Å². The van der Waals surface area contributed by atoms with Crippen molar-refractivity contribution in [2.75, 3.05) is 12.4 Å². The molecule has 1 amide bonds. The van der Waals surface area contributed by atoms with E-state index in [-0.39, 0.29) is 5.25 Å². The average Bonchev–Trinajstić information content (AvgIpc) is 2.67. The lowest BCUT2D eigenvalue weighted by molar-refractivity contribution is -0.135. The molecular formula is C6H11NO4S. The predicted octanol–water partition coefficient (Wildman–Crippen LogP) is 0.288. The highest BCUT2D eigenvalue weighted by molar-refractivity contribution is 8.07. The number of nitrogens with two attached hydrogens (primary N) is 1. The van der Waals surface area contributed by atoms with Gasteiger partial charge in [-0.15, -0.1) is 11.8 Å². The summed E-state index contributed by atoms with van der Waals surface area (Å²) in [6.07, 6.45) is -0.711. The van der Waals surface area contributed by atoms with Crippen molar-refractivity contribution < 1.29 is 19.4 Å². The van der Waals surface area contributed by atoms with Crippen LogP contribution in [0, 0.1) is 0 Å². The molecule has 3 N–H and O–H groups in total. The smallest absolute Gasteiger partial charge is 0.404 e. The van der Waals surface area contributed by atoms with Crippen LogP contribution in [0.4, 0.5) is 4.79 Å². The van der Waals surface area contributed by atoms with Crippen LogP contribution in [0.25, 0.3) is 0 Å². The topological polar surface area (TPSA) is 89.6 Å². The van der Waals surface area contributed by atoms with Gasteiger partial charge in [0.05, 0.1) is 6.61 Å². The maximum Gasteiger partial charge on any atom is 0.404 e. The van der Waals surface area contributed by atoms with E-state index in [9.17, 15) is 9.59 Å². The van der Waals surface area contributed by atoms with Crippen LogP contribution in [0.15, 0.2) is 0 Å². The van der Waals surface area contributed by atoms with E-state index in [1.165, 1.54) is 11.8 Å². The Morgan fingerprint density at radius 3 is 2.25 bits per heavy atom. The van der Waals surface area contributed by atoms with Crippen LogP contribution >= 0.6 is 11.8 Å². The normalized spacial score (nSPS) is 18.6. The Balaban J connectivity index is 0.000000202. The SMILES string of the molecule is CCOC(N)=O.O=C(O)C1CS1. The molecule has 1 rings (SSSR count). The van der Waals surface area contributed by atoms with Crippen LogP contribution < -0.4 is 5.73 Å². The lowest BCUT2D eigenvalue weighted by Gasteiger charge is -1.89. The number of hydrogen-bond acceptors (Lipinski definition) is 4. The van der Waals surface area contributed by atoms with Gasteiger partial charge in [-0.3, -0.25) is 4.79 Å². The Morgan fingerprint density at radius 2 is 2.25 bits per heavy atom. The predicted molar refractivity (Wildman–Crippen MR) is 45.1 cm³/mol. The minimum Gasteiger partial charge on any atom is -0.480 e. The summed E-state index contributed by atoms with van der Waals surface area (Å²) in [6, 6.07) is 0. The third kappa shape index (κ3) is 7.20. The maximum atomic E-state index is 9.74. The summed E-state index contributed by atoms with van der Waals surface area (Å²) in [5, 5.41) is 7.97. The van der Waals surface area contributed by atoms with Crippen LogP contribution in [0.2, 0.25) is 0 Å². The number of rotatable bonds is 2. The molecule has 1 fully saturated rings. The third-order valence-corrected chi connectivity index (χ3v) is 1.76. The monoisotopic (exact) mass is 193 g/mol. The Morgan fingerprint density at radius 1 is 1.75 bits per heavy atom. The number of carboxylic acid groups (broad SMARTS) is 1. The van der Waals surface area contributed by atoms with Gasteiger partial charge >= 0.3 is 12.1 Å². The number of amides is 1. The van der Waals surface area contributed by atoms with Gasteiger partial charge in [-0.05, 0) is 6.92 Å². The van der Waals surface area contributed by atoms with E-state index < -0.39 is 12.1 Å². The van der Waals surface area contributed by atoms with Crippen molar-refractivity contribution in [3.8, 4) is 0 Å². The number of aliphatic carboxylic acids is 1. The van der Waals surface area contributed by atoms with Crippen molar-refractivity contribution in [1.82, 2.24) is 0 Å². The van der Waals surface area contributed by atoms with Crippen molar-refractivity contribution in [1.29, 1.82) is 0 Å². The van der Waals surface area contributed by atoms with Crippen LogP contribution in [-0.2, 0) is 9.53 Å². The van der Waals surface area contributed by atoms with E-state index in [4.69, 9.17) is 5.11 Å². The highest BCUT2D eigenvalue weighted by atomic mass is 32.2. The summed E-state index contributed by atoms with van der Waals surface area (Å²) in [6.45, 7) is 2.06. The molecule has 0 spiro atoms. The fourth-order valence-electron chi connectivity index (χ4n) is 0.333. The number of carbonyl (C=O) groups excluding carboxylic acids is 1. The molecule has 6 heteroatoms. The fraction of sp³-hybridized carbons (Fsp3) is 0.667. The number of carboxylic acids is 1. The van der Waals surface area contributed by atoms with E-state index in [0.29, 0.717) is 6.61 Å². The minimum absolute atomic E-state index is 0.0648. The molecule has 1 unspecified atom stereocenters. The summed E-state index contributed by atoms with van der Waals surface area (Å²) >= 11 is 1.48. The Bertz CT molecular complexity index is 169. The van der Waals surface area contributed by atoms with Crippen molar-refractivity contribution >= 4 is 23.8 Å². The zero-order valence-electron chi connectivity index (χ0n) is 6.65. The molecule has 5 nitrogen and oxygen atoms in total. The van der Waals surface area contributed by atoms with E-state index in [0.717, 1.165) is 5.75 Å². The highest BCUT2D eigenvalue weighted by Gasteiger charge is 2.29. The second-order valence-electron chi connectivity index (χ2n) is 1.91. The largest absolute Gasteiger partial charge is 0.480 e. The summed E-state index contributed by atoms with van der Waals surface area (Å²) in [5.41, 5.74) is 4.54. The van der Waals surface area contributed by atoms with E-state index in [1.54, 1.807) is 6.92 Å². The second kappa shape index (κ2) is 5.70. The lowest BCUT2D eigenvalue weighted by atomic mass is 10.5. The molecule has 0 aromatic heterocycles. The zero-order chi connectivity index (χ0) is 9.56. The lowest BCUT2D eigenvalue weighted by Crippen LogP contribution is -2.11. The first-order valence-electron chi connectivity index (χ1n) is 3.34. The fourth-order valence-corrected chi connectivity index (χ4v) is 0.714. The Labute approximate surface area is 74.3 Å². The van der Waals surface area contributed by atoms with Gasteiger partial charge in [-0.2, -0.15) is 0 Å². The van der Waals surface area contributed by atoms with Crippen LogP contribution in [-0.4, -0.2) is 34.8 Å². The second-order valence-corrected chi connectivity index (χ2v) is 3.15. The van der Waals surface area contributed by atoms with Gasteiger partial charge in [-0.1, -0.05) is 0 Å². The molecule has 1 saturated heterocycles. The molecule has 1 heterocycles. The molecular weight excluding hydrogens is 182 g/mol. The first-order valence-corrected chi connectivity index (χ1v) is 4.39.